The Morgan fingerprint density at radius 1 is 1.08 bits per heavy atom. The zero-order valence-corrected chi connectivity index (χ0v) is 20.0. The third-order valence-corrected chi connectivity index (χ3v) is 5.12. The molecular weight excluding hydrogens is 495 g/mol. The molecule has 0 radical (unpaired) electrons. The van der Waals surface area contributed by atoms with Gasteiger partial charge in [0.2, 0.25) is 5.91 Å². The number of aryl methyl sites for hydroxylation is 2. The zero-order valence-electron chi connectivity index (χ0n) is 20.0. The summed E-state index contributed by atoms with van der Waals surface area (Å²) in [5.74, 6) is -0.972. The van der Waals surface area contributed by atoms with Crippen molar-refractivity contribution in [2.45, 2.75) is 33.1 Å². The van der Waals surface area contributed by atoms with Crippen LogP contribution in [0.4, 0.5) is 13.2 Å². The summed E-state index contributed by atoms with van der Waals surface area (Å²) in [5, 5.41) is 0. The fraction of sp³-hybridized carbons (Fsp3) is 0.261. The lowest BCUT2D eigenvalue weighted by atomic mass is 10.1. The Labute approximate surface area is 207 Å². The van der Waals surface area contributed by atoms with Crippen LogP contribution >= 0.6 is 0 Å². The van der Waals surface area contributed by atoms with Gasteiger partial charge in [-0.3, -0.25) is 33.5 Å². The number of carbonyl (C=O) groups excluding carboxylic acids is 2. The summed E-state index contributed by atoms with van der Waals surface area (Å²) in [4.78, 5) is 57.9. The topological polar surface area (TPSA) is 148 Å². The quantitative estimate of drug-likeness (QED) is 0.421. The second-order valence-electron chi connectivity index (χ2n) is 8.05. The van der Waals surface area contributed by atoms with Crippen molar-refractivity contribution < 1.29 is 22.8 Å². The van der Waals surface area contributed by atoms with Crippen molar-refractivity contribution in [3.63, 3.8) is 0 Å². The number of nitrogens with zero attached hydrogens (tertiary/aromatic N) is 6. The highest BCUT2D eigenvalue weighted by Gasteiger charge is 2.34. The lowest BCUT2D eigenvalue weighted by Gasteiger charge is -2.10. The van der Waals surface area contributed by atoms with Gasteiger partial charge in [-0.2, -0.15) is 13.2 Å². The first-order valence-electron chi connectivity index (χ1n) is 10.7. The smallest absolute Gasteiger partial charge is 0.368 e. The van der Waals surface area contributed by atoms with Gasteiger partial charge in [0.25, 0.3) is 5.56 Å². The van der Waals surface area contributed by atoms with Crippen LogP contribution < -0.4 is 17.0 Å². The van der Waals surface area contributed by atoms with E-state index in [0.717, 1.165) is 9.13 Å². The van der Waals surface area contributed by atoms with Crippen molar-refractivity contribution in [1.82, 2.24) is 28.7 Å². The van der Waals surface area contributed by atoms with Crippen LogP contribution in [0.15, 0.2) is 52.6 Å². The van der Waals surface area contributed by atoms with E-state index >= 15 is 0 Å². The molecule has 14 heteroatoms. The minimum atomic E-state index is -4.41. The molecule has 37 heavy (non-hydrogen) atoms. The zero-order chi connectivity index (χ0) is 27.5. The first-order valence-corrected chi connectivity index (χ1v) is 10.7. The van der Waals surface area contributed by atoms with E-state index in [2.05, 4.69) is 15.0 Å². The highest BCUT2D eigenvalue weighted by atomic mass is 19.4. The van der Waals surface area contributed by atoms with Gasteiger partial charge in [0.15, 0.2) is 11.2 Å². The third-order valence-electron chi connectivity index (χ3n) is 5.12. The number of amides is 1. The van der Waals surface area contributed by atoms with Crippen molar-refractivity contribution >= 4 is 22.9 Å². The summed E-state index contributed by atoms with van der Waals surface area (Å²) in [7, 11) is 1.43. The molecule has 194 valence electrons. The number of carbonyl (C=O) groups is 2. The molecule has 0 unspecified atom stereocenters. The molecule has 4 aromatic heterocycles. The summed E-state index contributed by atoms with van der Waals surface area (Å²) < 4.78 is 40.7. The molecule has 0 aliphatic heterocycles. The van der Waals surface area contributed by atoms with Crippen molar-refractivity contribution in [3.8, 4) is 11.3 Å². The first kappa shape index (κ1) is 27.0. The van der Waals surface area contributed by atoms with Crippen molar-refractivity contribution in [1.29, 1.82) is 0 Å². The summed E-state index contributed by atoms with van der Waals surface area (Å²) in [6, 6.07) is 6.69. The lowest BCUT2D eigenvalue weighted by molar-refractivity contribution is -0.141. The summed E-state index contributed by atoms with van der Waals surface area (Å²) in [6.07, 6.45) is -0.373. The average molecular weight is 517 g/mol. The minimum absolute atomic E-state index is 0.0622. The number of rotatable bonds is 5. The van der Waals surface area contributed by atoms with E-state index in [0.29, 0.717) is 11.3 Å². The largest absolute Gasteiger partial charge is 0.433 e. The number of primary amides is 1. The number of Topliss-reactive ketones (excluding diaryl/α,β-unsaturated/α-hetero) is 1. The molecule has 0 fully saturated rings. The molecule has 11 nitrogen and oxygen atoms in total. The van der Waals surface area contributed by atoms with E-state index in [4.69, 9.17) is 5.73 Å². The Morgan fingerprint density at radius 2 is 1.78 bits per heavy atom. The predicted octanol–water partition coefficient (Wildman–Crippen LogP) is 1.44. The van der Waals surface area contributed by atoms with Crippen LogP contribution in [-0.2, 0) is 35.9 Å². The standard InChI is InChI=1S/C12H9F3N2.C11H13N5O4/c1-8-6-9(10-4-2-3-5-16-10)7-17-11(8)12(13,14)15;1-6(17)3-16-10(19)8-9(14(2)11(16)20)13-5-15(8)4-7(12)18/h2-7H,1H3;5H,3-4H2,1-2H3,(H2,12,18). The Hall–Kier alpha value is -4.62. The van der Waals surface area contributed by atoms with Gasteiger partial charge >= 0.3 is 11.9 Å². The number of hydrogen-bond acceptors (Lipinski definition) is 7. The average Bonchev–Trinajstić information content (AvgIpc) is 3.23. The molecule has 0 aliphatic carbocycles. The highest BCUT2D eigenvalue weighted by molar-refractivity contribution is 5.78. The summed E-state index contributed by atoms with van der Waals surface area (Å²) in [6.45, 7) is 2.10. The Kier molecular flexibility index (Phi) is 7.70. The van der Waals surface area contributed by atoms with E-state index in [1.807, 2.05) is 0 Å². The van der Waals surface area contributed by atoms with Gasteiger partial charge in [-0.15, -0.1) is 0 Å². The summed E-state index contributed by atoms with van der Waals surface area (Å²) in [5.41, 5.74) is 4.42. The van der Waals surface area contributed by atoms with Gasteiger partial charge < -0.3 is 10.3 Å². The minimum Gasteiger partial charge on any atom is -0.368 e. The number of aromatic nitrogens is 6. The van der Waals surface area contributed by atoms with Gasteiger partial charge in [-0.1, -0.05) is 6.07 Å². The molecule has 0 aromatic carbocycles. The summed E-state index contributed by atoms with van der Waals surface area (Å²) >= 11 is 0. The number of alkyl halides is 3. The van der Waals surface area contributed by atoms with Crippen molar-refractivity contribution in [2.24, 2.45) is 12.8 Å². The first-order chi connectivity index (χ1) is 17.3. The molecule has 0 spiro atoms. The molecule has 4 rings (SSSR count). The van der Waals surface area contributed by atoms with E-state index in [-0.39, 0.29) is 35.6 Å². The normalized spacial score (nSPS) is 11.2. The molecule has 0 atom stereocenters. The molecule has 0 aliphatic rings. The number of fused-ring (bicyclic) bond motifs is 1. The van der Waals surface area contributed by atoms with Gasteiger partial charge in [0, 0.05) is 25.0 Å². The van der Waals surface area contributed by atoms with E-state index in [9.17, 15) is 32.3 Å². The van der Waals surface area contributed by atoms with Gasteiger partial charge in [-0.05, 0) is 37.6 Å². The Bertz CT molecular complexity index is 1590. The van der Waals surface area contributed by atoms with Crippen LogP contribution in [-0.4, -0.2) is 40.3 Å². The number of hydrogen-bond donors (Lipinski definition) is 1. The fourth-order valence-corrected chi connectivity index (χ4v) is 3.52. The van der Waals surface area contributed by atoms with E-state index in [1.165, 1.54) is 44.1 Å². The Balaban J connectivity index is 0.000000208. The number of ketones is 1. The SMILES string of the molecule is CC(=O)Cn1c(=O)c2c(ncn2CC(N)=O)n(C)c1=O.Cc1cc(-c2ccccn2)cnc1C(F)(F)F. The van der Waals surface area contributed by atoms with Gasteiger partial charge in [-0.25, -0.2) is 9.78 Å². The second-order valence-corrected chi connectivity index (χ2v) is 8.05. The van der Waals surface area contributed by atoms with Crippen LogP contribution in [0.1, 0.15) is 18.2 Å². The molecule has 0 saturated carbocycles. The van der Waals surface area contributed by atoms with Crippen LogP contribution in [0.3, 0.4) is 0 Å². The van der Waals surface area contributed by atoms with Crippen molar-refractivity contribution in [3.05, 3.63) is 75.1 Å². The van der Waals surface area contributed by atoms with Crippen molar-refractivity contribution in [2.75, 3.05) is 0 Å². The Morgan fingerprint density at radius 3 is 2.32 bits per heavy atom. The highest BCUT2D eigenvalue weighted by Crippen LogP contribution is 2.31. The maximum absolute atomic E-state index is 12.5. The molecule has 4 heterocycles. The lowest BCUT2D eigenvalue weighted by Crippen LogP contribution is -2.41. The van der Waals surface area contributed by atoms with E-state index in [1.54, 1.807) is 24.4 Å². The molecule has 1 amide bonds. The molecular formula is C23H22F3N7O4. The second kappa shape index (κ2) is 10.6. The number of pyridine rings is 2. The molecule has 4 aromatic rings. The fourth-order valence-electron chi connectivity index (χ4n) is 3.52. The van der Waals surface area contributed by atoms with E-state index < -0.39 is 29.0 Å². The number of halogens is 3. The maximum Gasteiger partial charge on any atom is 0.433 e. The van der Waals surface area contributed by atoms with Crippen LogP contribution in [0.5, 0.6) is 0 Å². The number of nitrogens with two attached hydrogens (primary N) is 1. The van der Waals surface area contributed by atoms with Crippen LogP contribution in [0.25, 0.3) is 22.4 Å². The molecule has 0 saturated heterocycles. The van der Waals surface area contributed by atoms with Gasteiger partial charge in [0.1, 0.15) is 18.0 Å². The molecule has 2 N–H and O–H groups in total. The monoisotopic (exact) mass is 517 g/mol. The number of imidazole rings is 1. The van der Waals surface area contributed by atoms with Gasteiger partial charge in [0.05, 0.1) is 18.6 Å². The molecule has 0 bridgehead atoms. The third kappa shape index (κ3) is 5.97. The van der Waals surface area contributed by atoms with Crippen LogP contribution in [0.2, 0.25) is 0 Å². The van der Waals surface area contributed by atoms with Crippen LogP contribution in [0, 0.1) is 6.92 Å². The maximum atomic E-state index is 12.5. The predicted molar refractivity (Wildman–Crippen MR) is 126 cm³/mol.